The molecule has 3 heteroatoms. The topological polar surface area (TPSA) is 35.0 Å². The molecule has 75 valence electrons. The summed E-state index contributed by atoms with van der Waals surface area (Å²) in [6.07, 6.45) is 0. The summed E-state index contributed by atoms with van der Waals surface area (Å²) in [7, 11) is 0. The Labute approximate surface area is 88.8 Å². The van der Waals surface area contributed by atoms with Gasteiger partial charge in [0.1, 0.15) is 5.75 Å². The summed E-state index contributed by atoms with van der Waals surface area (Å²) in [5.41, 5.74) is 1.81. The highest BCUT2D eigenvalue weighted by molar-refractivity contribution is 5.24. The Hall–Kier alpha value is -1.90. The first-order valence-electron chi connectivity index (χ1n) is 4.70. The normalized spacial score (nSPS) is 10.0. The lowest BCUT2D eigenvalue weighted by molar-refractivity contribution is 0.439. The maximum atomic E-state index is 5.50. The maximum Gasteiger partial charge on any atom is 0.322 e. The highest BCUT2D eigenvalue weighted by Crippen LogP contribution is 2.16. The second kappa shape index (κ2) is 4.09. The number of aryl methyl sites for hydroxylation is 2. The van der Waals surface area contributed by atoms with Crippen molar-refractivity contribution < 1.29 is 4.74 Å². The van der Waals surface area contributed by atoms with Gasteiger partial charge in [0, 0.05) is 11.4 Å². The molecule has 0 saturated carbocycles. The van der Waals surface area contributed by atoms with E-state index in [1.165, 1.54) is 0 Å². The summed E-state index contributed by atoms with van der Waals surface area (Å²) in [5.74, 6) is 0.721. The van der Waals surface area contributed by atoms with E-state index in [1.807, 2.05) is 32.0 Å². The van der Waals surface area contributed by atoms with Crippen molar-refractivity contribution in [2.75, 3.05) is 0 Å². The van der Waals surface area contributed by atoms with Crippen molar-refractivity contribution in [3.05, 3.63) is 47.8 Å². The number of benzene rings is 1. The molecule has 0 amide bonds. The molecule has 3 nitrogen and oxygen atoms in total. The minimum atomic E-state index is 0.388. The molecule has 15 heavy (non-hydrogen) atoms. The van der Waals surface area contributed by atoms with E-state index in [9.17, 15) is 0 Å². The van der Waals surface area contributed by atoms with Crippen LogP contribution in [0, 0.1) is 19.9 Å². The van der Waals surface area contributed by atoms with Crippen LogP contribution < -0.4 is 4.74 Å². The molecule has 1 aromatic carbocycles. The summed E-state index contributed by atoms with van der Waals surface area (Å²) < 4.78 is 5.50. The van der Waals surface area contributed by atoms with Crippen molar-refractivity contribution in [2.24, 2.45) is 0 Å². The summed E-state index contributed by atoms with van der Waals surface area (Å²) in [5, 5.41) is 0. The van der Waals surface area contributed by atoms with Crippen LogP contribution in [0.25, 0.3) is 0 Å². The van der Waals surface area contributed by atoms with Crippen LogP contribution in [0.5, 0.6) is 11.8 Å². The molecule has 1 aromatic heterocycles. The van der Waals surface area contributed by atoms with E-state index in [2.05, 4.69) is 16.0 Å². The summed E-state index contributed by atoms with van der Waals surface area (Å²) >= 11 is 0. The zero-order chi connectivity index (χ0) is 10.7. The van der Waals surface area contributed by atoms with E-state index in [0.29, 0.717) is 6.01 Å². The third-order valence-electron chi connectivity index (χ3n) is 1.86. The predicted octanol–water partition coefficient (Wildman–Crippen LogP) is 2.69. The zero-order valence-corrected chi connectivity index (χ0v) is 8.69. The van der Waals surface area contributed by atoms with Crippen molar-refractivity contribution in [3.63, 3.8) is 0 Å². The number of ether oxygens (including phenoxy) is 1. The van der Waals surface area contributed by atoms with Gasteiger partial charge in [-0.2, -0.15) is 0 Å². The lowest BCUT2D eigenvalue weighted by Crippen LogP contribution is -1.95. The van der Waals surface area contributed by atoms with Crippen molar-refractivity contribution in [2.45, 2.75) is 13.8 Å². The highest BCUT2D eigenvalue weighted by Gasteiger charge is 2.01. The molecule has 0 aliphatic heterocycles. The smallest absolute Gasteiger partial charge is 0.322 e. The number of hydrogen-bond donors (Lipinski definition) is 0. The summed E-state index contributed by atoms with van der Waals surface area (Å²) in [6, 6.07) is 12.4. The van der Waals surface area contributed by atoms with Gasteiger partial charge < -0.3 is 4.74 Å². The van der Waals surface area contributed by atoms with Gasteiger partial charge in [0.25, 0.3) is 0 Å². The molecule has 0 fully saturated rings. The van der Waals surface area contributed by atoms with Crippen LogP contribution in [-0.2, 0) is 0 Å². The van der Waals surface area contributed by atoms with Crippen LogP contribution in [0.4, 0.5) is 0 Å². The molecular weight excluding hydrogens is 188 g/mol. The van der Waals surface area contributed by atoms with Gasteiger partial charge >= 0.3 is 6.01 Å². The minimum absolute atomic E-state index is 0.388. The Kier molecular flexibility index (Phi) is 2.63. The van der Waals surface area contributed by atoms with Crippen molar-refractivity contribution in [3.8, 4) is 11.8 Å². The largest absolute Gasteiger partial charge is 0.424 e. The Bertz CT molecular complexity index is 434. The molecule has 1 radical (unpaired) electrons. The molecule has 1 heterocycles. The van der Waals surface area contributed by atoms with Crippen LogP contribution in [0.15, 0.2) is 30.3 Å². The molecule has 0 atom stereocenters. The standard InChI is InChI=1S/C12H11N2O/c1-9-8-10(2)14-12(13-9)15-11-6-4-3-5-7-11/h4-8H,1-2H3. The minimum Gasteiger partial charge on any atom is -0.424 e. The van der Waals surface area contributed by atoms with Crippen LogP contribution in [0.1, 0.15) is 11.4 Å². The number of nitrogens with zero attached hydrogens (tertiary/aromatic N) is 2. The average molecular weight is 199 g/mol. The molecular formula is C12H11N2O. The second-order valence-electron chi connectivity index (χ2n) is 3.27. The molecule has 2 rings (SSSR count). The first kappa shape index (κ1) is 9.65. The molecule has 0 bridgehead atoms. The zero-order valence-electron chi connectivity index (χ0n) is 8.69. The Morgan fingerprint density at radius 3 is 2.27 bits per heavy atom. The molecule has 0 spiro atoms. The van der Waals surface area contributed by atoms with Gasteiger partial charge in [-0.15, -0.1) is 0 Å². The van der Waals surface area contributed by atoms with Crippen LogP contribution in [0.3, 0.4) is 0 Å². The summed E-state index contributed by atoms with van der Waals surface area (Å²) in [4.78, 5) is 8.37. The fraction of sp³-hybridized carbons (Fsp3) is 0.167. The second-order valence-corrected chi connectivity index (χ2v) is 3.27. The molecule has 0 aliphatic carbocycles. The first-order chi connectivity index (χ1) is 7.24. The fourth-order valence-corrected chi connectivity index (χ4v) is 1.28. The average Bonchev–Trinajstić information content (AvgIpc) is 2.17. The van der Waals surface area contributed by atoms with E-state index >= 15 is 0 Å². The number of hydrogen-bond acceptors (Lipinski definition) is 3. The predicted molar refractivity (Wildman–Crippen MR) is 56.9 cm³/mol. The third-order valence-corrected chi connectivity index (χ3v) is 1.86. The van der Waals surface area contributed by atoms with Gasteiger partial charge in [-0.3, -0.25) is 0 Å². The van der Waals surface area contributed by atoms with Gasteiger partial charge in [0.15, 0.2) is 0 Å². The number of rotatable bonds is 2. The lowest BCUT2D eigenvalue weighted by atomic mass is 10.3. The Morgan fingerprint density at radius 2 is 1.67 bits per heavy atom. The monoisotopic (exact) mass is 199 g/mol. The van der Waals surface area contributed by atoms with E-state index in [4.69, 9.17) is 4.74 Å². The fourth-order valence-electron chi connectivity index (χ4n) is 1.28. The maximum absolute atomic E-state index is 5.50. The third kappa shape index (κ3) is 2.53. The Balaban J connectivity index is 2.25. The van der Waals surface area contributed by atoms with E-state index < -0.39 is 0 Å². The van der Waals surface area contributed by atoms with Crippen LogP contribution >= 0.6 is 0 Å². The van der Waals surface area contributed by atoms with Crippen molar-refractivity contribution >= 4 is 0 Å². The van der Waals surface area contributed by atoms with E-state index in [0.717, 1.165) is 17.1 Å². The molecule has 0 unspecified atom stereocenters. The van der Waals surface area contributed by atoms with Gasteiger partial charge in [-0.1, -0.05) is 12.1 Å². The van der Waals surface area contributed by atoms with Gasteiger partial charge in [0.05, 0.1) is 0 Å². The van der Waals surface area contributed by atoms with Crippen LogP contribution in [0.2, 0.25) is 0 Å². The quantitative estimate of drug-likeness (QED) is 0.745. The van der Waals surface area contributed by atoms with Crippen LogP contribution in [-0.4, -0.2) is 9.97 Å². The number of aromatic nitrogens is 2. The van der Waals surface area contributed by atoms with Gasteiger partial charge in [-0.05, 0) is 38.1 Å². The molecule has 2 aromatic rings. The molecule has 0 N–H and O–H groups in total. The van der Waals surface area contributed by atoms with Gasteiger partial charge in [-0.25, -0.2) is 9.97 Å². The Morgan fingerprint density at radius 1 is 1.07 bits per heavy atom. The highest BCUT2D eigenvalue weighted by atomic mass is 16.5. The summed E-state index contributed by atoms with van der Waals surface area (Å²) in [6.45, 7) is 3.83. The molecule has 0 saturated heterocycles. The van der Waals surface area contributed by atoms with Crippen molar-refractivity contribution in [1.29, 1.82) is 0 Å². The SMILES string of the molecule is Cc1cc(C)nc(Oc2cc[c]cc2)n1. The van der Waals surface area contributed by atoms with E-state index in [-0.39, 0.29) is 0 Å². The molecule has 0 aliphatic rings. The first-order valence-corrected chi connectivity index (χ1v) is 4.70. The van der Waals surface area contributed by atoms with Gasteiger partial charge in [0.2, 0.25) is 0 Å². The van der Waals surface area contributed by atoms with Crippen molar-refractivity contribution in [1.82, 2.24) is 9.97 Å². The van der Waals surface area contributed by atoms with E-state index in [1.54, 1.807) is 12.1 Å². The lowest BCUT2D eigenvalue weighted by Gasteiger charge is -2.04.